The first-order valence-corrected chi connectivity index (χ1v) is 12.3. The van der Waals surface area contributed by atoms with Crippen molar-refractivity contribution in [2.75, 3.05) is 5.32 Å². The van der Waals surface area contributed by atoms with Crippen molar-refractivity contribution < 1.29 is 24.2 Å². The monoisotopic (exact) mass is 549 g/mol. The average Bonchev–Trinajstić information content (AvgIpc) is 2.90. The number of aromatic nitrogens is 1. The number of aliphatic carboxylic acids is 1. The largest absolute Gasteiger partial charge is 0.505 e. The molecular weight excluding hydrogens is 525 g/mol. The maximum Gasteiger partial charge on any atom is 0.319 e. The van der Waals surface area contributed by atoms with Gasteiger partial charge in [0.2, 0.25) is 0 Å². The number of aryl methyl sites for hydroxylation is 1. The Balaban J connectivity index is 1.61. The number of amides is 2. The molecule has 2 amide bonds. The minimum atomic E-state index is -1.18. The molecule has 0 saturated carbocycles. The zero-order chi connectivity index (χ0) is 28.1. The van der Waals surface area contributed by atoms with E-state index in [1.54, 1.807) is 73.7 Å². The molecule has 4 N–H and O–H groups in total. The zero-order valence-electron chi connectivity index (χ0n) is 20.8. The maximum atomic E-state index is 14.3. The van der Waals surface area contributed by atoms with Crippen molar-refractivity contribution in [3.05, 3.63) is 117 Å². The van der Waals surface area contributed by atoms with Crippen molar-refractivity contribution in [1.82, 2.24) is 9.88 Å². The maximum absolute atomic E-state index is 14.3. The molecule has 0 radical (unpaired) electrons. The number of carboxylic acids is 1. The Morgan fingerprint density at radius 3 is 2.49 bits per heavy atom. The lowest BCUT2D eigenvalue weighted by Gasteiger charge is -2.20. The predicted octanol–water partition coefficient (Wildman–Crippen LogP) is 5.71. The number of nitrogens with one attached hydrogen (secondary N) is 2. The first-order valence-electron chi connectivity index (χ1n) is 11.9. The SMILES string of the molecule is Cc1cn(Cc2ccccc2Cl)c(=O)c(NC(=O)N[C@@H](CC(=O)O)c2cccc(-c3ccccc3F)c2)c1O. The molecule has 0 aliphatic heterocycles. The second-order valence-corrected chi connectivity index (χ2v) is 9.32. The fourth-order valence-electron chi connectivity index (χ4n) is 4.19. The summed E-state index contributed by atoms with van der Waals surface area (Å²) in [6, 6.07) is 17.7. The summed E-state index contributed by atoms with van der Waals surface area (Å²) in [7, 11) is 0. The highest BCUT2D eigenvalue weighted by Crippen LogP contribution is 2.28. The number of anilines is 1. The van der Waals surface area contributed by atoms with Gasteiger partial charge in [0.1, 0.15) is 11.6 Å². The van der Waals surface area contributed by atoms with Gasteiger partial charge >= 0.3 is 12.0 Å². The third kappa shape index (κ3) is 6.45. The number of hydrogen-bond donors (Lipinski definition) is 4. The number of aromatic hydroxyl groups is 1. The van der Waals surface area contributed by atoms with Gasteiger partial charge in [0.15, 0.2) is 5.69 Å². The minimum absolute atomic E-state index is 0.0976. The molecule has 1 atom stereocenters. The summed E-state index contributed by atoms with van der Waals surface area (Å²) in [4.78, 5) is 37.7. The van der Waals surface area contributed by atoms with Gasteiger partial charge < -0.3 is 25.4 Å². The first-order chi connectivity index (χ1) is 18.6. The molecule has 0 aliphatic carbocycles. The van der Waals surface area contributed by atoms with Gasteiger partial charge in [0, 0.05) is 22.3 Å². The summed E-state index contributed by atoms with van der Waals surface area (Å²) >= 11 is 6.22. The van der Waals surface area contributed by atoms with E-state index >= 15 is 0 Å². The number of benzene rings is 3. The number of urea groups is 1. The topological polar surface area (TPSA) is 121 Å². The molecule has 0 bridgehead atoms. The van der Waals surface area contributed by atoms with Crippen LogP contribution in [0, 0.1) is 12.7 Å². The molecule has 1 heterocycles. The van der Waals surface area contributed by atoms with Crippen molar-refractivity contribution in [3.8, 4) is 16.9 Å². The van der Waals surface area contributed by atoms with Crippen LogP contribution in [-0.4, -0.2) is 26.8 Å². The molecule has 0 aliphatic rings. The molecular formula is C29H25ClFN3O5. The summed E-state index contributed by atoms with van der Waals surface area (Å²) < 4.78 is 15.6. The summed E-state index contributed by atoms with van der Waals surface area (Å²) in [5.41, 5.74) is 1.19. The Morgan fingerprint density at radius 1 is 1.05 bits per heavy atom. The van der Waals surface area contributed by atoms with Gasteiger partial charge in [-0.1, -0.05) is 66.2 Å². The van der Waals surface area contributed by atoms with Crippen molar-refractivity contribution in [2.45, 2.75) is 25.9 Å². The summed E-state index contributed by atoms with van der Waals surface area (Å²) in [5, 5.41) is 25.4. The number of rotatable bonds is 8. The predicted molar refractivity (Wildman–Crippen MR) is 147 cm³/mol. The normalized spacial score (nSPS) is 11.6. The Hall–Kier alpha value is -4.63. The fourth-order valence-corrected chi connectivity index (χ4v) is 4.38. The molecule has 200 valence electrons. The van der Waals surface area contributed by atoms with Gasteiger partial charge in [-0.25, -0.2) is 9.18 Å². The van der Waals surface area contributed by atoms with Crippen LogP contribution in [0.1, 0.15) is 29.2 Å². The fraction of sp³-hybridized carbons (Fsp3) is 0.138. The number of carbonyl (C=O) groups is 2. The van der Waals surface area contributed by atoms with Crippen molar-refractivity contribution >= 4 is 29.3 Å². The molecule has 8 nitrogen and oxygen atoms in total. The molecule has 0 fully saturated rings. The minimum Gasteiger partial charge on any atom is -0.505 e. The van der Waals surface area contributed by atoms with Crippen LogP contribution in [0.3, 0.4) is 0 Å². The molecule has 0 spiro atoms. The van der Waals surface area contributed by atoms with E-state index in [9.17, 15) is 29.0 Å². The number of halogens is 2. The van der Waals surface area contributed by atoms with Crippen LogP contribution in [0.25, 0.3) is 11.1 Å². The van der Waals surface area contributed by atoms with E-state index in [4.69, 9.17) is 11.6 Å². The van der Waals surface area contributed by atoms with E-state index in [2.05, 4.69) is 10.6 Å². The van der Waals surface area contributed by atoms with Gasteiger partial charge in [-0.3, -0.25) is 9.59 Å². The molecule has 0 unspecified atom stereocenters. The average molecular weight is 550 g/mol. The highest BCUT2D eigenvalue weighted by Gasteiger charge is 2.22. The van der Waals surface area contributed by atoms with Crippen LogP contribution in [0.15, 0.2) is 83.8 Å². The van der Waals surface area contributed by atoms with Crippen molar-refractivity contribution in [3.63, 3.8) is 0 Å². The Labute approximate surface area is 228 Å². The van der Waals surface area contributed by atoms with Gasteiger partial charge in [0.05, 0.1) is 19.0 Å². The highest BCUT2D eigenvalue weighted by atomic mass is 35.5. The van der Waals surface area contributed by atoms with E-state index in [1.807, 2.05) is 0 Å². The number of nitrogens with zero attached hydrogens (tertiary/aromatic N) is 1. The van der Waals surface area contributed by atoms with Gasteiger partial charge in [-0.05, 0) is 41.8 Å². The Kier molecular flexibility index (Phi) is 8.31. The van der Waals surface area contributed by atoms with Crippen LogP contribution in [0.2, 0.25) is 5.02 Å². The van der Waals surface area contributed by atoms with Crippen LogP contribution >= 0.6 is 11.6 Å². The number of carboxylic acid groups (broad SMARTS) is 1. The lowest BCUT2D eigenvalue weighted by molar-refractivity contribution is -0.137. The standard InChI is InChI=1S/C29H25ClFN3O5/c1-17-15-34(16-20-7-2-4-11-22(20)30)28(38)26(27(17)37)33-29(39)32-24(14-25(35)36)19-9-6-8-18(13-19)21-10-3-5-12-23(21)31/h2-13,15,24,37H,14,16H2,1H3,(H,35,36)(H2,32,33,39)/t24-/m0/s1. The molecule has 3 aromatic carbocycles. The van der Waals surface area contributed by atoms with Crippen molar-refractivity contribution in [1.29, 1.82) is 0 Å². The van der Waals surface area contributed by atoms with E-state index in [0.29, 0.717) is 32.8 Å². The first kappa shape index (κ1) is 27.4. The zero-order valence-corrected chi connectivity index (χ0v) is 21.6. The third-order valence-corrected chi connectivity index (χ3v) is 6.50. The lowest BCUT2D eigenvalue weighted by Crippen LogP contribution is -2.36. The number of pyridine rings is 1. The van der Waals surface area contributed by atoms with E-state index < -0.39 is 41.6 Å². The summed E-state index contributed by atoms with van der Waals surface area (Å²) in [6.45, 7) is 1.67. The van der Waals surface area contributed by atoms with Crippen LogP contribution in [0.5, 0.6) is 5.75 Å². The number of carbonyl (C=O) groups excluding carboxylic acids is 1. The molecule has 4 aromatic rings. The van der Waals surface area contributed by atoms with Gasteiger partial charge in [-0.2, -0.15) is 0 Å². The van der Waals surface area contributed by atoms with Crippen LogP contribution in [0.4, 0.5) is 14.9 Å². The van der Waals surface area contributed by atoms with Gasteiger partial charge in [0.25, 0.3) is 5.56 Å². The smallest absolute Gasteiger partial charge is 0.319 e. The molecule has 0 saturated heterocycles. The lowest BCUT2D eigenvalue weighted by atomic mass is 9.97. The molecule has 4 rings (SSSR count). The second kappa shape index (κ2) is 11.8. The molecule has 1 aromatic heterocycles. The Bertz CT molecular complexity index is 1600. The molecule has 10 heteroatoms. The quantitative estimate of drug-likeness (QED) is 0.224. The second-order valence-electron chi connectivity index (χ2n) is 8.91. The summed E-state index contributed by atoms with van der Waals surface area (Å²) in [6.07, 6.45) is 0.968. The number of hydrogen-bond acceptors (Lipinski definition) is 4. The van der Waals surface area contributed by atoms with E-state index in [0.717, 1.165) is 0 Å². The highest BCUT2D eigenvalue weighted by molar-refractivity contribution is 6.31. The summed E-state index contributed by atoms with van der Waals surface area (Å²) in [5.74, 6) is -2.04. The van der Waals surface area contributed by atoms with Crippen LogP contribution in [-0.2, 0) is 11.3 Å². The third-order valence-electron chi connectivity index (χ3n) is 6.13. The van der Waals surface area contributed by atoms with Gasteiger partial charge in [-0.15, -0.1) is 0 Å². The Morgan fingerprint density at radius 2 is 1.77 bits per heavy atom. The van der Waals surface area contributed by atoms with E-state index in [1.165, 1.54) is 16.8 Å². The van der Waals surface area contributed by atoms with Crippen LogP contribution < -0.4 is 16.2 Å². The van der Waals surface area contributed by atoms with E-state index in [-0.39, 0.29) is 12.2 Å². The molecule has 39 heavy (non-hydrogen) atoms. The van der Waals surface area contributed by atoms with Crippen molar-refractivity contribution in [2.24, 2.45) is 0 Å².